The van der Waals surface area contributed by atoms with Gasteiger partial charge in [-0.1, -0.05) is 6.42 Å². The van der Waals surface area contributed by atoms with Crippen LogP contribution < -0.4 is 11.1 Å². The molecule has 1 rings (SSSR count). The van der Waals surface area contributed by atoms with Gasteiger partial charge in [0.1, 0.15) is 0 Å². The first-order valence-corrected chi connectivity index (χ1v) is 7.67. The van der Waals surface area contributed by atoms with Crippen LogP contribution in [0.4, 0.5) is 5.69 Å². The van der Waals surface area contributed by atoms with Crippen molar-refractivity contribution in [3.8, 4) is 0 Å². The van der Waals surface area contributed by atoms with E-state index in [4.69, 9.17) is 5.73 Å². The maximum absolute atomic E-state index is 11.2. The molecule has 0 fully saturated rings. The molecule has 0 radical (unpaired) electrons. The van der Waals surface area contributed by atoms with Crippen molar-refractivity contribution in [3.05, 3.63) is 24.3 Å². The molecule has 0 aromatic heterocycles. The van der Waals surface area contributed by atoms with Crippen LogP contribution in [0.3, 0.4) is 0 Å². The third-order valence-corrected chi connectivity index (χ3v) is 3.62. The van der Waals surface area contributed by atoms with Gasteiger partial charge in [-0.2, -0.15) is 0 Å². The molecule has 0 atom stereocenters. The van der Waals surface area contributed by atoms with Gasteiger partial charge in [0, 0.05) is 18.5 Å². The van der Waals surface area contributed by atoms with Crippen molar-refractivity contribution >= 4 is 15.5 Å². The molecule has 0 aliphatic carbocycles. The predicted octanol–water partition coefficient (Wildman–Crippen LogP) is 1.63. The van der Waals surface area contributed by atoms with Gasteiger partial charge in [0.2, 0.25) is 0 Å². The average Bonchev–Trinajstić information content (AvgIpc) is 2.28. The van der Waals surface area contributed by atoms with Crippen LogP contribution >= 0.6 is 0 Å². The highest BCUT2D eigenvalue weighted by atomic mass is 32.2. The van der Waals surface area contributed by atoms with Crippen molar-refractivity contribution in [2.24, 2.45) is 5.73 Å². The van der Waals surface area contributed by atoms with Crippen LogP contribution in [0, 0.1) is 0 Å². The lowest BCUT2D eigenvalue weighted by Crippen LogP contribution is -2.04. The lowest BCUT2D eigenvalue weighted by molar-refractivity contribution is 0.602. The van der Waals surface area contributed by atoms with Gasteiger partial charge in [-0.15, -0.1) is 0 Å². The second-order valence-corrected chi connectivity index (χ2v) is 6.09. The Morgan fingerprint density at radius 2 is 1.76 bits per heavy atom. The maximum Gasteiger partial charge on any atom is 0.175 e. The summed E-state index contributed by atoms with van der Waals surface area (Å²) in [5, 5.41) is 3.25. The fourth-order valence-corrected chi connectivity index (χ4v) is 2.13. The third-order valence-electron chi connectivity index (χ3n) is 2.49. The lowest BCUT2D eigenvalue weighted by Gasteiger charge is -2.06. The average molecular weight is 256 g/mol. The van der Waals surface area contributed by atoms with Crippen molar-refractivity contribution < 1.29 is 8.42 Å². The normalized spacial score (nSPS) is 11.4. The summed E-state index contributed by atoms with van der Waals surface area (Å²) in [4.78, 5) is 0.353. The summed E-state index contributed by atoms with van der Waals surface area (Å²) in [5.41, 5.74) is 6.35. The van der Waals surface area contributed by atoms with Crippen LogP contribution in [-0.4, -0.2) is 27.8 Å². The summed E-state index contributed by atoms with van der Waals surface area (Å²) in [7, 11) is -3.09. The van der Waals surface area contributed by atoms with Gasteiger partial charge < -0.3 is 11.1 Å². The number of nitrogens with one attached hydrogen (secondary N) is 1. The molecule has 0 heterocycles. The number of rotatable bonds is 7. The highest BCUT2D eigenvalue weighted by Crippen LogP contribution is 2.13. The van der Waals surface area contributed by atoms with E-state index in [1.54, 1.807) is 24.3 Å². The first kappa shape index (κ1) is 14.0. The fraction of sp³-hybridized carbons (Fsp3) is 0.500. The van der Waals surface area contributed by atoms with E-state index >= 15 is 0 Å². The summed E-state index contributed by atoms with van der Waals surface area (Å²) < 4.78 is 22.5. The molecule has 0 amide bonds. The summed E-state index contributed by atoms with van der Waals surface area (Å²) >= 11 is 0. The smallest absolute Gasteiger partial charge is 0.175 e. The van der Waals surface area contributed by atoms with Gasteiger partial charge in [-0.3, -0.25) is 0 Å². The van der Waals surface area contributed by atoms with Crippen LogP contribution in [0.2, 0.25) is 0 Å². The second-order valence-electron chi connectivity index (χ2n) is 4.07. The zero-order chi connectivity index (χ0) is 12.7. The third kappa shape index (κ3) is 5.19. The minimum absolute atomic E-state index is 0.353. The number of anilines is 1. The van der Waals surface area contributed by atoms with Gasteiger partial charge in [0.25, 0.3) is 0 Å². The summed E-state index contributed by atoms with van der Waals surface area (Å²) in [5.74, 6) is 0. The number of hydrogen-bond acceptors (Lipinski definition) is 4. The molecule has 4 nitrogen and oxygen atoms in total. The van der Waals surface area contributed by atoms with Gasteiger partial charge in [0.05, 0.1) is 4.90 Å². The van der Waals surface area contributed by atoms with E-state index in [2.05, 4.69) is 5.32 Å². The van der Waals surface area contributed by atoms with Gasteiger partial charge in [0.15, 0.2) is 9.84 Å². The number of unbranched alkanes of at least 4 members (excludes halogenated alkanes) is 2. The zero-order valence-electron chi connectivity index (χ0n) is 10.1. The Morgan fingerprint density at radius 1 is 1.12 bits per heavy atom. The van der Waals surface area contributed by atoms with Crippen molar-refractivity contribution in [1.82, 2.24) is 0 Å². The minimum atomic E-state index is -3.09. The highest BCUT2D eigenvalue weighted by Gasteiger charge is 2.05. The van der Waals surface area contributed by atoms with E-state index in [0.717, 1.165) is 38.0 Å². The molecule has 3 N–H and O–H groups in total. The summed E-state index contributed by atoms with van der Waals surface area (Å²) in [6, 6.07) is 6.83. The SMILES string of the molecule is CS(=O)(=O)c1ccc(NCCCCCN)cc1. The number of nitrogens with two attached hydrogens (primary N) is 1. The Morgan fingerprint density at radius 3 is 2.29 bits per heavy atom. The summed E-state index contributed by atoms with van der Waals surface area (Å²) in [6.07, 6.45) is 4.45. The van der Waals surface area contributed by atoms with E-state index in [-0.39, 0.29) is 0 Å². The quantitative estimate of drug-likeness (QED) is 0.727. The fourth-order valence-electron chi connectivity index (χ4n) is 1.50. The molecule has 0 unspecified atom stereocenters. The molecule has 0 aliphatic heterocycles. The van der Waals surface area contributed by atoms with Crippen molar-refractivity contribution in [1.29, 1.82) is 0 Å². The molecular formula is C12H20N2O2S. The lowest BCUT2D eigenvalue weighted by atomic mass is 10.2. The minimum Gasteiger partial charge on any atom is -0.385 e. The molecule has 17 heavy (non-hydrogen) atoms. The monoisotopic (exact) mass is 256 g/mol. The first-order chi connectivity index (χ1) is 8.04. The molecule has 0 spiro atoms. The standard InChI is InChI=1S/C12H20N2O2S/c1-17(15,16)12-7-5-11(6-8-12)14-10-4-2-3-9-13/h5-8,14H,2-4,9-10,13H2,1H3. The van der Waals surface area contributed by atoms with Crippen molar-refractivity contribution in [2.75, 3.05) is 24.7 Å². The molecule has 5 heteroatoms. The van der Waals surface area contributed by atoms with E-state index in [1.807, 2.05) is 0 Å². The summed E-state index contributed by atoms with van der Waals surface area (Å²) in [6.45, 7) is 1.63. The van der Waals surface area contributed by atoms with Crippen LogP contribution in [0.25, 0.3) is 0 Å². The van der Waals surface area contributed by atoms with Crippen LogP contribution in [-0.2, 0) is 9.84 Å². The van der Waals surface area contributed by atoms with E-state index in [1.165, 1.54) is 6.26 Å². The van der Waals surface area contributed by atoms with Crippen molar-refractivity contribution in [3.63, 3.8) is 0 Å². The molecule has 96 valence electrons. The van der Waals surface area contributed by atoms with E-state index in [0.29, 0.717) is 4.90 Å². The largest absolute Gasteiger partial charge is 0.385 e. The number of hydrogen-bond donors (Lipinski definition) is 2. The molecule has 1 aromatic rings. The second kappa shape index (κ2) is 6.61. The zero-order valence-corrected chi connectivity index (χ0v) is 11.0. The Hall–Kier alpha value is -1.07. The Kier molecular flexibility index (Phi) is 5.44. The van der Waals surface area contributed by atoms with Crippen LogP contribution in [0.15, 0.2) is 29.2 Å². The van der Waals surface area contributed by atoms with Crippen molar-refractivity contribution in [2.45, 2.75) is 24.2 Å². The Bertz CT molecular complexity index is 426. The van der Waals surface area contributed by atoms with Gasteiger partial charge in [-0.05, 0) is 43.7 Å². The number of benzene rings is 1. The van der Waals surface area contributed by atoms with Gasteiger partial charge >= 0.3 is 0 Å². The Labute approximate surface area is 103 Å². The van der Waals surface area contributed by atoms with E-state index < -0.39 is 9.84 Å². The predicted molar refractivity (Wildman–Crippen MR) is 70.9 cm³/mol. The molecule has 0 aliphatic rings. The molecule has 0 bridgehead atoms. The maximum atomic E-state index is 11.2. The molecule has 0 saturated heterocycles. The van der Waals surface area contributed by atoms with Crippen LogP contribution in [0.1, 0.15) is 19.3 Å². The molecule has 0 saturated carbocycles. The molecule has 1 aromatic carbocycles. The Balaban J connectivity index is 2.41. The molecular weight excluding hydrogens is 236 g/mol. The van der Waals surface area contributed by atoms with Crippen LogP contribution in [0.5, 0.6) is 0 Å². The van der Waals surface area contributed by atoms with Gasteiger partial charge in [-0.25, -0.2) is 8.42 Å². The first-order valence-electron chi connectivity index (χ1n) is 5.78. The van der Waals surface area contributed by atoms with E-state index in [9.17, 15) is 8.42 Å². The number of sulfone groups is 1. The highest BCUT2D eigenvalue weighted by molar-refractivity contribution is 7.90. The topological polar surface area (TPSA) is 72.2 Å².